The standard InChI is InChI=1S/C24H21N3OS/c1-27(21-8-3-2-4-9-21)26-24(28)20-13-11-18(12-14-20)17-29-23-16-15-19-7-5-6-10-22(19)25-23/h2-16H,17H2,1H3,(H,26,28). The predicted octanol–water partition coefficient (Wildman–Crippen LogP) is 5.31. The van der Waals surface area contributed by atoms with Crippen LogP contribution in [0.15, 0.2) is 96.0 Å². The molecule has 144 valence electrons. The van der Waals surface area contributed by atoms with Gasteiger partial charge in [-0.05, 0) is 42.0 Å². The lowest BCUT2D eigenvalue weighted by Gasteiger charge is -2.20. The van der Waals surface area contributed by atoms with Gasteiger partial charge in [0.05, 0.1) is 16.2 Å². The highest BCUT2D eigenvalue weighted by molar-refractivity contribution is 7.98. The molecular weight excluding hydrogens is 378 g/mol. The van der Waals surface area contributed by atoms with Crippen molar-refractivity contribution in [2.24, 2.45) is 0 Å². The first kappa shape index (κ1) is 19.0. The molecule has 0 fully saturated rings. The molecular formula is C24H21N3OS. The topological polar surface area (TPSA) is 45.2 Å². The number of thioether (sulfide) groups is 1. The number of hydrazine groups is 1. The van der Waals surface area contributed by atoms with Crippen molar-refractivity contribution in [3.05, 3.63) is 102 Å². The van der Waals surface area contributed by atoms with Crippen LogP contribution >= 0.6 is 11.8 Å². The molecule has 0 aliphatic rings. The van der Waals surface area contributed by atoms with Crippen LogP contribution in [0.1, 0.15) is 15.9 Å². The number of aromatic nitrogens is 1. The summed E-state index contributed by atoms with van der Waals surface area (Å²) in [4.78, 5) is 17.2. The van der Waals surface area contributed by atoms with Crippen molar-refractivity contribution in [2.75, 3.05) is 12.1 Å². The van der Waals surface area contributed by atoms with E-state index >= 15 is 0 Å². The Morgan fingerprint density at radius 3 is 2.41 bits per heavy atom. The number of nitrogens with zero attached hydrogens (tertiary/aromatic N) is 2. The highest BCUT2D eigenvalue weighted by atomic mass is 32.2. The van der Waals surface area contributed by atoms with Crippen LogP contribution in [-0.2, 0) is 5.75 Å². The maximum Gasteiger partial charge on any atom is 0.269 e. The molecule has 1 N–H and O–H groups in total. The first-order valence-corrected chi connectivity index (χ1v) is 10.3. The fraction of sp³-hybridized carbons (Fsp3) is 0.0833. The van der Waals surface area contributed by atoms with Crippen LogP contribution in [0.2, 0.25) is 0 Å². The molecule has 1 amide bonds. The molecule has 29 heavy (non-hydrogen) atoms. The van der Waals surface area contributed by atoms with Crippen LogP contribution in [0, 0.1) is 0 Å². The largest absolute Gasteiger partial charge is 0.288 e. The molecule has 1 heterocycles. The number of rotatable bonds is 6. The molecule has 1 aromatic heterocycles. The van der Waals surface area contributed by atoms with E-state index in [2.05, 4.69) is 17.6 Å². The molecule has 5 heteroatoms. The van der Waals surface area contributed by atoms with E-state index < -0.39 is 0 Å². The summed E-state index contributed by atoms with van der Waals surface area (Å²) in [7, 11) is 1.83. The summed E-state index contributed by atoms with van der Waals surface area (Å²) in [5.41, 5.74) is 6.60. The van der Waals surface area contributed by atoms with E-state index in [1.54, 1.807) is 16.8 Å². The molecule has 0 aliphatic carbocycles. The van der Waals surface area contributed by atoms with Gasteiger partial charge >= 0.3 is 0 Å². The number of carbonyl (C=O) groups is 1. The Morgan fingerprint density at radius 1 is 0.897 bits per heavy atom. The van der Waals surface area contributed by atoms with Crippen LogP contribution in [-0.4, -0.2) is 17.9 Å². The van der Waals surface area contributed by atoms with Crippen molar-refractivity contribution in [1.82, 2.24) is 10.4 Å². The van der Waals surface area contributed by atoms with E-state index in [4.69, 9.17) is 4.98 Å². The van der Waals surface area contributed by atoms with E-state index in [1.807, 2.05) is 85.9 Å². The third-order valence-electron chi connectivity index (χ3n) is 4.59. The second-order valence-corrected chi connectivity index (χ2v) is 7.66. The number of hydrogen-bond acceptors (Lipinski definition) is 4. The number of anilines is 1. The van der Waals surface area contributed by atoms with Gasteiger partial charge < -0.3 is 0 Å². The van der Waals surface area contributed by atoms with Gasteiger partial charge in [0.2, 0.25) is 0 Å². The lowest BCUT2D eigenvalue weighted by molar-refractivity contribution is 0.0951. The maximum absolute atomic E-state index is 12.5. The molecule has 0 saturated heterocycles. The minimum atomic E-state index is -0.133. The summed E-state index contributed by atoms with van der Waals surface area (Å²) >= 11 is 1.69. The summed E-state index contributed by atoms with van der Waals surface area (Å²) in [6, 6.07) is 29.7. The first-order chi connectivity index (χ1) is 14.2. The number of benzene rings is 3. The normalized spacial score (nSPS) is 10.7. The quantitative estimate of drug-likeness (QED) is 0.353. The van der Waals surface area contributed by atoms with E-state index in [-0.39, 0.29) is 5.91 Å². The number of nitrogens with one attached hydrogen (secondary N) is 1. The zero-order valence-electron chi connectivity index (χ0n) is 16.1. The highest BCUT2D eigenvalue weighted by Crippen LogP contribution is 2.23. The van der Waals surface area contributed by atoms with Crippen molar-refractivity contribution in [3.63, 3.8) is 0 Å². The second kappa shape index (κ2) is 8.80. The fourth-order valence-electron chi connectivity index (χ4n) is 2.97. The lowest BCUT2D eigenvalue weighted by Crippen LogP contribution is -2.39. The Hall–Kier alpha value is -3.31. The summed E-state index contributed by atoms with van der Waals surface area (Å²) in [6.07, 6.45) is 0. The fourth-order valence-corrected chi connectivity index (χ4v) is 3.80. The smallest absolute Gasteiger partial charge is 0.269 e. The molecule has 3 aromatic carbocycles. The van der Waals surface area contributed by atoms with Crippen molar-refractivity contribution >= 4 is 34.3 Å². The van der Waals surface area contributed by atoms with Crippen LogP contribution in [0.5, 0.6) is 0 Å². The van der Waals surface area contributed by atoms with Crippen LogP contribution in [0.3, 0.4) is 0 Å². The number of pyridine rings is 1. The Morgan fingerprint density at radius 2 is 1.62 bits per heavy atom. The van der Waals surface area contributed by atoms with Gasteiger partial charge in [0, 0.05) is 23.8 Å². The van der Waals surface area contributed by atoms with Crippen molar-refractivity contribution in [3.8, 4) is 0 Å². The Bertz CT molecular complexity index is 1110. The average Bonchev–Trinajstić information content (AvgIpc) is 2.78. The molecule has 4 nitrogen and oxygen atoms in total. The van der Waals surface area contributed by atoms with Crippen molar-refractivity contribution in [1.29, 1.82) is 0 Å². The van der Waals surface area contributed by atoms with Crippen LogP contribution < -0.4 is 10.4 Å². The van der Waals surface area contributed by atoms with Crippen molar-refractivity contribution in [2.45, 2.75) is 10.8 Å². The molecule has 0 atom stereocenters. The van der Waals surface area contributed by atoms with Gasteiger partial charge in [-0.15, -0.1) is 11.8 Å². The van der Waals surface area contributed by atoms with E-state index in [0.717, 1.165) is 32.9 Å². The SMILES string of the molecule is CN(NC(=O)c1ccc(CSc2ccc3ccccc3n2)cc1)c1ccccc1. The zero-order chi connectivity index (χ0) is 20.1. The summed E-state index contributed by atoms with van der Waals surface area (Å²) in [5, 5.41) is 3.86. The molecule has 0 saturated carbocycles. The minimum Gasteiger partial charge on any atom is -0.288 e. The number of para-hydroxylation sites is 2. The summed E-state index contributed by atoms with van der Waals surface area (Å²) < 4.78 is 0. The van der Waals surface area contributed by atoms with Gasteiger partial charge in [-0.25, -0.2) is 4.98 Å². The predicted molar refractivity (Wildman–Crippen MR) is 120 cm³/mol. The summed E-state index contributed by atoms with van der Waals surface area (Å²) in [6.45, 7) is 0. The molecule has 0 aliphatic heterocycles. The van der Waals surface area contributed by atoms with Gasteiger partial charge in [-0.1, -0.05) is 54.6 Å². The van der Waals surface area contributed by atoms with E-state index in [9.17, 15) is 4.79 Å². The molecule has 0 bridgehead atoms. The van der Waals surface area contributed by atoms with Crippen LogP contribution in [0.25, 0.3) is 10.9 Å². The zero-order valence-corrected chi connectivity index (χ0v) is 16.9. The maximum atomic E-state index is 12.5. The number of hydrogen-bond donors (Lipinski definition) is 1. The minimum absolute atomic E-state index is 0.133. The number of amides is 1. The van der Waals surface area contributed by atoms with Gasteiger partial charge in [0.15, 0.2) is 0 Å². The van der Waals surface area contributed by atoms with Gasteiger partial charge in [-0.2, -0.15) is 0 Å². The van der Waals surface area contributed by atoms with Crippen LogP contribution in [0.4, 0.5) is 5.69 Å². The van der Waals surface area contributed by atoms with Crippen molar-refractivity contribution < 1.29 is 4.79 Å². The molecule has 0 unspecified atom stereocenters. The monoisotopic (exact) mass is 399 g/mol. The third-order valence-corrected chi connectivity index (χ3v) is 5.59. The van der Waals surface area contributed by atoms with Gasteiger partial charge in [0.1, 0.15) is 0 Å². The number of carbonyl (C=O) groups excluding carboxylic acids is 1. The average molecular weight is 400 g/mol. The van der Waals surface area contributed by atoms with E-state index in [0.29, 0.717) is 5.56 Å². The Kier molecular flexibility index (Phi) is 5.77. The molecule has 4 rings (SSSR count). The molecule has 4 aromatic rings. The van der Waals surface area contributed by atoms with E-state index in [1.165, 1.54) is 0 Å². The first-order valence-electron chi connectivity index (χ1n) is 9.36. The Balaban J connectivity index is 1.36. The Labute approximate surface area is 174 Å². The lowest BCUT2D eigenvalue weighted by atomic mass is 10.1. The van der Waals surface area contributed by atoms with Gasteiger partial charge in [0.25, 0.3) is 5.91 Å². The second-order valence-electron chi connectivity index (χ2n) is 6.66. The highest BCUT2D eigenvalue weighted by Gasteiger charge is 2.09. The molecule has 0 radical (unpaired) electrons. The third kappa shape index (κ3) is 4.76. The summed E-state index contributed by atoms with van der Waals surface area (Å²) in [5.74, 6) is 0.670. The van der Waals surface area contributed by atoms with Gasteiger partial charge in [-0.3, -0.25) is 15.2 Å². The molecule has 0 spiro atoms. The number of fused-ring (bicyclic) bond motifs is 1.